The van der Waals surface area contributed by atoms with E-state index in [-0.39, 0.29) is 0 Å². The number of hydrogen-bond acceptors (Lipinski definition) is 2. The van der Waals surface area contributed by atoms with Crippen LogP contribution in [-0.2, 0) is 0 Å². The highest BCUT2D eigenvalue weighted by Crippen LogP contribution is 2.27. The van der Waals surface area contributed by atoms with Crippen LogP contribution in [0.3, 0.4) is 0 Å². The number of nitriles is 1. The van der Waals surface area contributed by atoms with Crippen molar-refractivity contribution in [3.05, 3.63) is 47.7 Å². The maximum Gasteiger partial charge on any atom is 0.0991 e. The minimum absolute atomic E-state index is 0.430. The van der Waals surface area contributed by atoms with Gasteiger partial charge in [-0.15, -0.1) is 0 Å². The summed E-state index contributed by atoms with van der Waals surface area (Å²) in [5.41, 5.74) is 4.10. The molecule has 0 spiro atoms. The number of benzene rings is 1. The van der Waals surface area contributed by atoms with Crippen LogP contribution in [0.25, 0.3) is 11.3 Å². The first-order valence-corrected chi connectivity index (χ1v) is 10.8. The summed E-state index contributed by atoms with van der Waals surface area (Å²) in [6.45, 7) is 11.4. The van der Waals surface area contributed by atoms with Crippen molar-refractivity contribution in [2.24, 2.45) is 0 Å². The third-order valence-electron chi connectivity index (χ3n) is 3.69. The average molecular weight is 294 g/mol. The molecule has 1 heterocycles. The summed E-state index contributed by atoms with van der Waals surface area (Å²) < 4.78 is 0. The molecule has 0 aliphatic heterocycles. The lowest BCUT2D eigenvalue weighted by atomic mass is 9.97. The van der Waals surface area contributed by atoms with Gasteiger partial charge in [0.05, 0.1) is 25.4 Å². The fourth-order valence-corrected chi connectivity index (χ4v) is 3.32. The van der Waals surface area contributed by atoms with Crippen molar-refractivity contribution >= 4 is 13.3 Å². The minimum Gasteiger partial charge on any atom is -0.256 e. The predicted octanol–water partition coefficient (Wildman–Crippen LogP) is 4.29. The van der Waals surface area contributed by atoms with Crippen LogP contribution in [0.4, 0.5) is 0 Å². The van der Waals surface area contributed by atoms with Crippen molar-refractivity contribution in [1.29, 1.82) is 5.26 Å². The number of pyridine rings is 1. The van der Waals surface area contributed by atoms with Gasteiger partial charge in [0, 0.05) is 11.8 Å². The second-order valence-electron chi connectivity index (χ2n) is 6.76. The Bertz CT molecular complexity index is 674. The molecule has 1 aromatic carbocycles. The lowest BCUT2D eigenvalue weighted by Crippen LogP contribution is -2.38. The van der Waals surface area contributed by atoms with Crippen molar-refractivity contribution in [3.63, 3.8) is 0 Å². The van der Waals surface area contributed by atoms with E-state index in [1.54, 1.807) is 0 Å². The second-order valence-corrected chi connectivity index (χ2v) is 11.8. The first-order chi connectivity index (χ1) is 9.82. The van der Waals surface area contributed by atoms with Gasteiger partial charge in [0.15, 0.2) is 0 Å². The van der Waals surface area contributed by atoms with Gasteiger partial charge in [-0.3, -0.25) is 4.98 Å². The van der Waals surface area contributed by atoms with E-state index in [0.29, 0.717) is 11.5 Å². The monoisotopic (exact) mass is 294 g/mol. The molecule has 21 heavy (non-hydrogen) atoms. The lowest BCUT2D eigenvalue weighted by Gasteiger charge is -2.20. The molecule has 0 amide bonds. The molecule has 0 fully saturated rings. The first kappa shape index (κ1) is 15.5. The highest BCUT2D eigenvalue weighted by molar-refractivity contribution is 6.88. The normalized spacial score (nSPS) is 11.5. The Morgan fingerprint density at radius 2 is 1.71 bits per heavy atom. The Morgan fingerprint density at radius 3 is 2.19 bits per heavy atom. The molecule has 3 heteroatoms. The van der Waals surface area contributed by atoms with E-state index in [4.69, 9.17) is 10.2 Å². The maximum absolute atomic E-state index is 8.91. The van der Waals surface area contributed by atoms with E-state index < -0.39 is 8.07 Å². The molecule has 0 atom stereocenters. The van der Waals surface area contributed by atoms with Gasteiger partial charge in [0.2, 0.25) is 0 Å². The van der Waals surface area contributed by atoms with Crippen LogP contribution in [-0.4, -0.2) is 13.1 Å². The SMILES string of the molecule is CC(C)c1cc([Si](C)(C)C)cnc1-c1ccc(C#N)cc1. The zero-order valence-corrected chi connectivity index (χ0v) is 14.4. The summed E-state index contributed by atoms with van der Waals surface area (Å²) in [4.78, 5) is 4.74. The van der Waals surface area contributed by atoms with Gasteiger partial charge < -0.3 is 0 Å². The molecule has 0 saturated heterocycles. The summed E-state index contributed by atoms with van der Waals surface area (Å²) in [7, 11) is -1.35. The quantitative estimate of drug-likeness (QED) is 0.792. The second kappa shape index (κ2) is 5.83. The maximum atomic E-state index is 8.91. The molecule has 0 radical (unpaired) electrons. The number of aromatic nitrogens is 1. The predicted molar refractivity (Wildman–Crippen MR) is 91.5 cm³/mol. The third kappa shape index (κ3) is 3.40. The summed E-state index contributed by atoms with van der Waals surface area (Å²) in [5, 5.41) is 10.3. The van der Waals surface area contributed by atoms with Gasteiger partial charge in [0.25, 0.3) is 0 Å². The molecule has 0 aliphatic rings. The minimum atomic E-state index is -1.35. The van der Waals surface area contributed by atoms with Crippen LogP contribution in [0.1, 0.15) is 30.9 Å². The van der Waals surface area contributed by atoms with Crippen LogP contribution in [0.5, 0.6) is 0 Å². The van der Waals surface area contributed by atoms with Crippen LogP contribution < -0.4 is 5.19 Å². The third-order valence-corrected chi connectivity index (χ3v) is 5.70. The highest BCUT2D eigenvalue weighted by atomic mass is 28.3. The van der Waals surface area contributed by atoms with Gasteiger partial charge in [-0.25, -0.2) is 0 Å². The molecule has 108 valence electrons. The van der Waals surface area contributed by atoms with Crippen LogP contribution in [0, 0.1) is 11.3 Å². The van der Waals surface area contributed by atoms with Crippen molar-refractivity contribution < 1.29 is 0 Å². The van der Waals surface area contributed by atoms with Crippen LogP contribution in [0.2, 0.25) is 19.6 Å². The van der Waals surface area contributed by atoms with Crippen molar-refractivity contribution in [1.82, 2.24) is 4.98 Å². The van der Waals surface area contributed by atoms with E-state index >= 15 is 0 Å². The Balaban J connectivity index is 2.55. The van der Waals surface area contributed by atoms with E-state index in [1.165, 1.54) is 10.8 Å². The van der Waals surface area contributed by atoms with Crippen molar-refractivity contribution in [3.8, 4) is 17.3 Å². The molecule has 0 saturated carbocycles. The Kier molecular flexibility index (Phi) is 4.29. The molecule has 2 rings (SSSR count). The summed E-state index contributed by atoms with van der Waals surface area (Å²) >= 11 is 0. The lowest BCUT2D eigenvalue weighted by molar-refractivity contribution is 0.863. The van der Waals surface area contributed by atoms with E-state index in [9.17, 15) is 0 Å². The van der Waals surface area contributed by atoms with E-state index in [0.717, 1.165) is 11.3 Å². The first-order valence-electron chi connectivity index (χ1n) is 7.34. The van der Waals surface area contributed by atoms with Gasteiger partial charge in [-0.1, -0.05) is 51.7 Å². The van der Waals surface area contributed by atoms with Gasteiger partial charge >= 0.3 is 0 Å². The summed E-state index contributed by atoms with van der Waals surface area (Å²) in [5.74, 6) is 0.430. The molecule has 1 aromatic heterocycles. The summed E-state index contributed by atoms with van der Waals surface area (Å²) in [6, 6.07) is 12.2. The highest BCUT2D eigenvalue weighted by Gasteiger charge is 2.20. The Hall–Kier alpha value is -1.92. The standard InChI is InChI=1S/C18H22N2Si/c1-13(2)17-10-16(21(3,4)5)12-20-18(17)15-8-6-14(11-19)7-9-15/h6-10,12-13H,1-5H3. The molecule has 0 N–H and O–H groups in total. The largest absolute Gasteiger partial charge is 0.256 e. The van der Waals surface area contributed by atoms with Crippen LogP contribution >= 0.6 is 0 Å². The molecule has 0 bridgehead atoms. The fraction of sp³-hybridized carbons (Fsp3) is 0.333. The fourth-order valence-electron chi connectivity index (χ4n) is 2.28. The van der Waals surface area contributed by atoms with Gasteiger partial charge in [-0.2, -0.15) is 5.26 Å². The Labute approximate surface area is 128 Å². The van der Waals surface area contributed by atoms with Crippen LogP contribution in [0.15, 0.2) is 36.5 Å². The number of rotatable bonds is 3. The molecule has 0 aliphatic carbocycles. The Morgan fingerprint density at radius 1 is 1.10 bits per heavy atom. The van der Waals surface area contributed by atoms with E-state index in [1.807, 2.05) is 30.5 Å². The average Bonchev–Trinajstić information content (AvgIpc) is 2.45. The smallest absolute Gasteiger partial charge is 0.0991 e. The van der Waals surface area contributed by atoms with Gasteiger partial charge in [-0.05, 0) is 28.8 Å². The zero-order valence-electron chi connectivity index (χ0n) is 13.4. The molecule has 2 aromatic rings. The molecule has 0 unspecified atom stereocenters. The molecular weight excluding hydrogens is 272 g/mol. The molecule has 2 nitrogen and oxygen atoms in total. The summed E-state index contributed by atoms with van der Waals surface area (Å²) in [6.07, 6.45) is 2.03. The molecular formula is C18H22N2Si. The van der Waals surface area contributed by atoms with Gasteiger partial charge in [0.1, 0.15) is 0 Å². The number of hydrogen-bond donors (Lipinski definition) is 0. The van der Waals surface area contributed by atoms with Crippen molar-refractivity contribution in [2.45, 2.75) is 39.4 Å². The zero-order chi connectivity index (χ0) is 15.6. The van der Waals surface area contributed by atoms with Crippen molar-refractivity contribution in [2.75, 3.05) is 0 Å². The number of nitrogens with zero attached hydrogens (tertiary/aromatic N) is 2. The topological polar surface area (TPSA) is 36.7 Å². The van der Waals surface area contributed by atoms with E-state index in [2.05, 4.69) is 45.6 Å².